The summed E-state index contributed by atoms with van der Waals surface area (Å²) in [6.07, 6.45) is 3.46. The molecule has 1 saturated heterocycles. The summed E-state index contributed by atoms with van der Waals surface area (Å²) in [6, 6.07) is 5.30. The standard InChI is InChI=1S/C21H31N3O3/c1-13-20(2)7-8-24(10-14-3-4-14)21(13,22)19(27)17-6-5-15(9-18(17)20)23-16(11-25)12-26/h5-6,9,13-14,16,23,25-26H,3-4,7-8,10-12,22H2,1-2H3/t13-,20-,21+/m1/s1. The van der Waals surface area contributed by atoms with Gasteiger partial charge >= 0.3 is 0 Å². The number of Topliss-reactive ketones (excluding diaryl/α,β-unsaturated/α-hetero) is 1. The highest BCUT2D eigenvalue weighted by Crippen LogP contribution is 2.52. The number of piperidine rings is 1. The second-order valence-electron chi connectivity index (χ2n) is 8.90. The van der Waals surface area contributed by atoms with E-state index in [0.717, 1.165) is 30.8 Å². The second kappa shape index (κ2) is 6.55. The zero-order valence-corrected chi connectivity index (χ0v) is 16.2. The number of aliphatic hydroxyl groups is 2. The van der Waals surface area contributed by atoms with Gasteiger partial charge in [0.25, 0.3) is 0 Å². The van der Waals surface area contributed by atoms with Crippen LogP contribution in [0.2, 0.25) is 0 Å². The number of hydrogen-bond acceptors (Lipinski definition) is 6. The number of fused-ring (bicyclic) bond motifs is 4. The molecule has 5 N–H and O–H groups in total. The maximum Gasteiger partial charge on any atom is 0.198 e. The molecule has 2 bridgehead atoms. The molecule has 1 aromatic carbocycles. The molecule has 2 fully saturated rings. The lowest BCUT2D eigenvalue weighted by molar-refractivity contribution is -0.0315. The summed E-state index contributed by atoms with van der Waals surface area (Å²) in [5.74, 6) is 0.728. The Morgan fingerprint density at radius 3 is 2.67 bits per heavy atom. The molecule has 6 nitrogen and oxygen atoms in total. The smallest absolute Gasteiger partial charge is 0.198 e. The van der Waals surface area contributed by atoms with Gasteiger partial charge < -0.3 is 21.3 Å². The molecule has 0 amide bonds. The topological polar surface area (TPSA) is 98.8 Å². The molecule has 4 rings (SSSR count). The van der Waals surface area contributed by atoms with Crippen molar-refractivity contribution in [2.45, 2.75) is 50.2 Å². The Balaban J connectivity index is 1.73. The second-order valence-corrected chi connectivity index (χ2v) is 8.90. The number of nitrogens with zero attached hydrogens (tertiary/aromatic N) is 1. The SMILES string of the molecule is C[C@@H]1[C@@]2(C)CCN(CC3CC3)[C@]1(N)C(=O)c1ccc(NC(CO)CO)cc12. The van der Waals surface area contributed by atoms with Crippen molar-refractivity contribution in [3.05, 3.63) is 29.3 Å². The Morgan fingerprint density at radius 2 is 2.04 bits per heavy atom. The van der Waals surface area contributed by atoms with Gasteiger partial charge in [0, 0.05) is 35.7 Å². The zero-order valence-electron chi connectivity index (χ0n) is 16.2. The van der Waals surface area contributed by atoms with E-state index in [-0.39, 0.29) is 30.3 Å². The van der Waals surface area contributed by atoms with Crippen molar-refractivity contribution in [2.24, 2.45) is 17.6 Å². The van der Waals surface area contributed by atoms with E-state index in [1.165, 1.54) is 12.8 Å². The van der Waals surface area contributed by atoms with E-state index in [1.807, 2.05) is 18.2 Å². The molecule has 1 aromatic rings. The van der Waals surface area contributed by atoms with E-state index in [1.54, 1.807) is 0 Å². The quantitative estimate of drug-likeness (QED) is 0.600. The van der Waals surface area contributed by atoms with Crippen LogP contribution in [0.4, 0.5) is 5.69 Å². The fourth-order valence-electron chi connectivity index (χ4n) is 5.00. The lowest BCUT2D eigenvalue weighted by atomic mass is 9.56. The van der Waals surface area contributed by atoms with Gasteiger partial charge in [0.1, 0.15) is 5.66 Å². The monoisotopic (exact) mass is 373 g/mol. The number of aliphatic hydroxyl groups excluding tert-OH is 2. The first-order chi connectivity index (χ1) is 12.8. The third kappa shape index (κ3) is 2.81. The van der Waals surface area contributed by atoms with Gasteiger partial charge in [-0.05, 0) is 48.9 Å². The first-order valence-electron chi connectivity index (χ1n) is 10.1. The molecule has 1 heterocycles. The van der Waals surface area contributed by atoms with Gasteiger partial charge in [-0.2, -0.15) is 0 Å². The highest BCUT2D eigenvalue weighted by molar-refractivity contribution is 6.06. The van der Waals surface area contributed by atoms with Gasteiger partial charge in [-0.15, -0.1) is 0 Å². The molecule has 0 radical (unpaired) electrons. The number of hydrogen-bond donors (Lipinski definition) is 4. The van der Waals surface area contributed by atoms with Crippen LogP contribution in [-0.2, 0) is 5.41 Å². The fraction of sp³-hybridized carbons (Fsp3) is 0.667. The zero-order chi connectivity index (χ0) is 19.4. The summed E-state index contributed by atoms with van der Waals surface area (Å²) in [5.41, 5.74) is 8.32. The number of rotatable bonds is 6. The summed E-state index contributed by atoms with van der Waals surface area (Å²) in [6.45, 7) is 5.80. The van der Waals surface area contributed by atoms with Crippen LogP contribution >= 0.6 is 0 Å². The van der Waals surface area contributed by atoms with Crippen molar-refractivity contribution >= 4 is 11.5 Å². The molecule has 1 saturated carbocycles. The van der Waals surface area contributed by atoms with Gasteiger partial charge in [-0.3, -0.25) is 9.69 Å². The maximum atomic E-state index is 13.5. The van der Waals surface area contributed by atoms with Crippen LogP contribution in [-0.4, -0.2) is 58.9 Å². The van der Waals surface area contributed by atoms with Crippen LogP contribution in [0.3, 0.4) is 0 Å². The van der Waals surface area contributed by atoms with Gasteiger partial charge in [-0.1, -0.05) is 13.8 Å². The number of benzene rings is 1. The number of ketones is 1. The number of anilines is 1. The third-order valence-electron chi connectivity index (χ3n) is 7.27. The molecule has 0 spiro atoms. The fourth-order valence-corrected chi connectivity index (χ4v) is 5.00. The molecular weight excluding hydrogens is 342 g/mol. The Kier molecular flexibility index (Phi) is 4.58. The van der Waals surface area contributed by atoms with E-state index in [2.05, 4.69) is 24.1 Å². The van der Waals surface area contributed by atoms with Crippen LogP contribution in [0, 0.1) is 11.8 Å². The van der Waals surface area contributed by atoms with Crippen molar-refractivity contribution in [2.75, 3.05) is 31.6 Å². The van der Waals surface area contributed by atoms with Gasteiger partial charge in [0.05, 0.1) is 19.3 Å². The summed E-state index contributed by atoms with van der Waals surface area (Å²) in [5, 5.41) is 21.8. The van der Waals surface area contributed by atoms with E-state index < -0.39 is 11.7 Å². The summed E-state index contributed by atoms with van der Waals surface area (Å²) in [7, 11) is 0. The molecule has 6 heteroatoms. The lowest BCUT2D eigenvalue weighted by Gasteiger charge is -2.59. The van der Waals surface area contributed by atoms with Crippen molar-refractivity contribution in [1.29, 1.82) is 0 Å². The van der Waals surface area contributed by atoms with Crippen LogP contribution in [0.1, 0.15) is 49.0 Å². The van der Waals surface area contributed by atoms with E-state index in [4.69, 9.17) is 5.73 Å². The van der Waals surface area contributed by atoms with E-state index >= 15 is 0 Å². The first kappa shape index (κ1) is 18.9. The average molecular weight is 373 g/mol. The largest absolute Gasteiger partial charge is 0.394 e. The lowest BCUT2D eigenvalue weighted by Crippen LogP contribution is -2.74. The highest BCUT2D eigenvalue weighted by atomic mass is 16.3. The summed E-state index contributed by atoms with van der Waals surface area (Å²) >= 11 is 0. The van der Waals surface area contributed by atoms with Crippen LogP contribution in [0.5, 0.6) is 0 Å². The van der Waals surface area contributed by atoms with Crippen LogP contribution in [0.25, 0.3) is 0 Å². The van der Waals surface area contributed by atoms with Crippen molar-refractivity contribution in [3.63, 3.8) is 0 Å². The van der Waals surface area contributed by atoms with Gasteiger partial charge in [0.15, 0.2) is 5.78 Å². The third-order valence-corrected chi connectivity index (χ3v) is 7.27. The Hall–Kier alpha value is -1.47. The average Bonchev–Trinajstić information content (AvgIpc) is 3.49. The molecule has 1 aliphatic heterocycles. The highest BCUT2D eigenvalue weighted by Gasteiger charge is 2.60. The predicted molar refractivity (Wildman–Crippen MR) is 105 cm³/mol. The van der Waals surface area contributed by atoms with Gasteiger partial charge in [0.2, 0.25) is 0 Å². The minimum absolute atomic E-state index is 0.0132. The number of carbonyl (C=O) groups excluding carboxylic acids is 1. The maximum absolute atomic E-state index is 13.5. The molecule has 0 unspecified atom stereocenters. The van der Waals surface area contributed by atoms with Crippen molar-refractivity contribution < 1.29 is 15.0 Å². The molecule has 27 heavy (non-hydrogen) atoms. The van der Waals surface area contributed by atoms with E-state index in [9.17, 15) is 15.0 Å². The number of nitrogens with one attached hydrogen (secondary N) is 1. The first-order valence-corrected chi connectivity index (χ1v) is 10.1. The molecular formula is C21H31N3O3. The molecule has 3 atom stereocenters. The predicted octanol–water partition coefficient (Wildman–Crippen LogP) is 1.31. The summed E-state index contributed by atoms with van der Waals surface area (Å²) in [4.78, 5) is 15.7. The minimum Gasteiger partial charge on any atom is -0.394 e. The number of carbonyl (C=O) groups is 1. The number of nitrogens with two attached hydrogens (primary N) is 1. The van der Waals surface area contributed by atoms with Crippen LogP contribution in [0.15, 0.2) is 18.2 Å². The van der Waals surface area contributed by atoms with Gasteiger partial charge in [-0.25, -0.2) is 0 Å². The normalized spacial score (nSPS) is 33.3. The Morgan fingerprint density at radius 1 is 1.33 bits per heavy atom. The Bertz CT molecular complexity index is 746. The minimum atomic E-state index is -0.934. The molecule has 0 aromatic heterocycles. The molecule has 3 aliphatic rings. The van der Waals surface area contributed by atoms with Crippen LogP contribution < -0.4 is 11.1 Å². The Labute approximate surface area is 160 Å². The molecule has 148 valence electrons. The summed E-state index contributed by atoms with van der Waals surface area (Å²) < 4.78 is 0. The van der Waals surface area contributed by atoms with Crippen molar-refractivity contribution in [3.8, 4) is 0 Å². The van der Waals surface area contributed by atoms with Crippen molar-refractivity contribution in [1.82, 2.24) is 4.90 Å². The molecule has 2 aliphatic carbocycles. The number of likely N-dealkylation sites (tertiary alicyclic amines) is 1. The van der Waals surface area contributed by atoms with E-state index in [0.29, 0.717) is 11.5 Å².